The Morgan fingerprint density at radius 3 is 2.41 bits per heavy atom. The number of rotatable bonds is 6. The third-order valence-corrected chi connectivity index (χ3v) is 5.43. The Morgan fingerprint density at radius 1 is 1.22 bits per heavy atom. The molecule has 7 nitrogen and oxygen atoms in total. The molecule has 2 atom stereocenters. The average Bonchev–Trinajstić information content (AvgIpc) is 2.95. The van der Waals surface area contributed by atoms with E-state index in [4.69, 9.17) is 13.7 Å². The fourth-order valence-corrected chi connectivity index (χ4v) is 3.82. The quantitative estimate of drug-likeness (QED) is 0.684. The monoisotopic (exact) mass is 399 g/mol. The first kappa shape index (κ1) is 21.7. The number of nitrogens with zero attached hydrogens (tertiary/aromatic N) is 1. The van der Waals surface area contributed by atoms with E-state index >= 15 is 0 Å². The van der Waals surface area contributed by atoms with Gasteiger partial charge in [-0.15, -0.1) is 0 Å². The molecule has 0 radical (unpaired) electrons. The smallest absolute Gasteiger partial charge is 0.410 e. The van der Waals surface area contributed by atoms with Gasteiger partial charge in [0.2, 0.25) is 0 Å². The van der Waals surface area contributed by atoms with Crippen LogP contribution in [0.15, 0.2) is 29.2 Å². The largest absolute Gasteiger partial charge is 0.444 e. The van der Waals surface area contributed by atoms with Gasteiger partial charge in [-0.3, -0.25) is 4.18 Å². The van der Waals surface area contributed by atoms with Crippen molar-refractivity contribution >= 4 is 16.2 Å². The fraction of sp³-hybridized carbons (Fsp3) is 0.632. The summed E-state index contributed by atoms with van der Waals surface area (Å²) in [7, 11) is -3.90. The van der Waals surface area contributed by atoms with E-state index in [1.54, 1.807) is 32.9 Å². The maximum Gasteiger partial charge on any atom is 0.410 e. The second-order valence-electron chi connectivity index (χ2n) is 7.65. The molecule has 152 valence electrons. The molecule has 0 aliphatic carbocycles. The molecule has 0 unspecified atom stereocenters. The van der Waals surface area contributed by atoms with E-state index in [9.17, 15) is 13.2 Å². The second-order valence-corrected chi connectivity index (χ2v) is 9.27. The van der Waals surface area contributed by atoms with E-state index in [0.29, 0.717) is 19.6 Å². The van der Waals surface area contributed by atoms with Gasteiger partial charge in [0.25, 0.3) is 10.1 Å². The number of carbonyl (C=O) groups excluding carboxylic acids is 1. The lowest BCUT2D eigenvalue weighted by Gasteiger charge is -2.28. The number of aryl methyl sites for hydroxylation is 1. The summed E-state index contributed by atoms with van der Waals surface area (Å²) in [6.45, 7) is 9.84. The summed E-state index contributed by atoms with van der Waals surface area (Å²) in [6, 6.07) is 6.01. The van der Waals surface area contributed by atoms with Crippen LogP contribution in [0.4, 0.5) is 4.79 Å². The molecule has 1 aromatic carbocycles. The zero-order chi connectivity index (χ0) is 20.2. The van der Waals surface area contributed by atoms with Crippen molar-refractivity contribution in [1.82, 2.24) is 4.90 Å². The first-order valence-corrected chi connectivity index (χ1v) is 10.5. The van der Waals surface area contributed by atoms with Crippen LogP contribution in [0.2, 0.25) is 0 Å². The Balaban J connectivity index is 2.08. The Labute approximate surface area is 161 Å². The lowest BCUT2D eigenvalue weighted by atomic mass is 10.2. The summed E-state index contributed by atoms with van der Waals surface area (Å²) in [5, 5.41) is 0. The highest BCUT2D eigenvalue weighted by Crippen LogP contribution is 2.25. The van der Waals surface area contributed by atoms with Gasteiger partial charge in [-0.1, -0.05) is 17.7 Å². The number of amides is 1. The standard InChI is InChI=1S/C19H29NO6S/c1-6-24-16-11-15(20(12-16)18(21)26-19(3,4)5)13-25-27(22,23)17-9-7-14(2)8-10-17/h7-10,15-16H,6,11-13H2,1-5H3/t15-,16+/m1/s1. The maximum absolute atomic E-state index is 12.5. The van der Waals surface area contributed by atoms with Crippen LogP contribution in [-0.2, 0) is 23.8 Å². The second kappa shape index (κ2) is 8.58. The van der Waals surface area contributed by atoms with Gasteiger partial charge in [-0.2, -0.15) is 8.42 Å². The minimum atomic E-state index is -3.90. The third kappa shape index (κ3) is 6.19. The molecule has 1 aromatic rings. The van der Waals surface area contributed by atoms with E-state index in [1.165, 1.54) is 17.0 Å². The predicted octanol–water partition coefficient (Wildman–Crippen LogP) is 3.11. The molecule has 1 saturated heterocycles. The van der Waals surface area contributed by atoms with Crippen molar-refractivity contribution in [3.63, 3.8) is 0 Å². The van der Waals surface area contributed by atoms with E-state index in [-0.39, 0.29) is 17.6 Å². The molecule has 1 aliphatic rings. The average molecular weight is 400 g/mol. The lowest BCUT2D eigenvalue weighted by Crippen LogP contribution is -2.42. The van der Waals surface area contributed by atoms with Crippen molar-refractivity contribution in [1.29, 1.82) is 0 Å². The van der Waals surface area contributed by atoms with E-state index < -0.39 is 27.9 Å². The van der Waals surface area contributed by atoms with Crippen LogP contribution in [0.25, 0.3) is 0 Å². The first-order chi connectivity index (χ1) is 12.5. The summed E-state index contributed by atoms with van der Waals surface area (Å²) in [5.74, 6) is 0. The van der Waals surface area contributed by atoms with Gasteiger partial charge in [-0.05, 0) is 53.2 Å². The van der Waals surface area contributed by atoms with Crippen LogP contribution < -0.4 is 0 Å². The Kier molecular flexibility index (Phi) is 6.88. The van der Waals surface area contributed by atoms with Crippen LogP contribution in [0, 0.1) is 6.92 Å². The van der Waals surface area contributed by atoms with Crippen molar-refractivity contribution in [3.05, 3.63) is 29.8 Å². The van der Waals surface area contributed by atoms with Crippen LogP contribution in [0.1, 0.15) is 39.7 Å². The molecule has 1 heterocycles. The number of likely N-dealkylation sites (tertiary alicyclic amines) is 1. The summed E-state index contributed by atoms with van der Waals surface area (Å²) in [6.07, 6.45) is -0.166. The maximum atomic E-state index is 12.5. The zero-order valence-electron chi connectivity index (χ0n) is 16.6. The Hall–Kier alpha value is -1.64. The van der Waals surface area contributed by atoms with Crippen LogP contribution in [0.3, 0.4) is 0 Å². The molecule has 2 rings (SSSR count). The number of benzene rings is 1. The Bertz CT molecular complexity index is 738. The van der Waals surface area contributed by atoms with Gasteiger partial charge >= 0.3 is 6.09 Å². The highest BCUT2D eigenvalue weighted by molar-refractivity contribution is 7.86. The number of hydrogen-bond donors (Lipinski definition) is 0. The molecular weight excluding hydrogens is 370 g/mol. The summed E-state index contributed by atoms with van der Waals surface area (Å²) < 4.78 is 41.1. The van der Waals surface area contributed by atoms with Crippen LogP contribution in [-0.4, -0.2) is 56.9 Å². The molecule has 0 N–H and O–H groups in total. The minimum absolute atomic E-state index is 0.0938. The first-order valence-electron chi connectivity index (χ1n) is 9.09. The molecule has 1 fully saturated rings. The summed E-state index contributed by atoms with van der Waals surface area (Å²) >= 11 is 0. The minimum Gasteiger partial charge on any atom is -0.444 e. The molecule has 27 heavy (non-hydrogen) atoms. The third-order valence-electron chi connectivity index (χ3n) is 4.13. The van der Waals surface area contributed by atoms with Gasteiger partial charge in [0, 0.05) is 6.61 Å². The van der Waals surface area contributed by atoms with Crippen molar-refractivity contribution in [3.8, 4) is 0 Å². The van der Waals surface area contributed by atoms with Crippen LogP contribution >= 0.6 is 0 Å². The predicted molar refractivity (Wildman–Crippen MR) is 101 cm³/mol. The van der Waals surface area contributed by atoms with Gasteiger partial charge in [0.05, 0.1) is 30.2 Å². The van der Waals surface area contributed by atoms with Gasteiger partial charge in [0.15, 0.2) is 0 Å². The van der Waals surface area contributed by atoms with E-state index in [1.807, 2.05) is 13.8 Å². The molecular formula is C19H29NO6S. The zero-order valence-corrected chi connectivity index (χ0v) is 17.4. The molecule has 1 aliphatic heterocycles. The lowest BCUT2D eigenvalue weighted by molar-refractivity contribution is 0.0149. The van der Waals surface area contributed by atoms with Gasteiger partial charge < -0.3 is 14.4 Å². The molecule has 0 bridgehead atoms. The highest BCUT2D eigenvalue weighted by Gasteiger charge is 2.39. The SMILES string of the molecule is CCO[C@H]1C[C@H](COS(=O)(=O)c2ccc(C)cc2)N(C(=O)OC(C)(C)C)C1. The van der Waals surface area contributed by atoms with Crippen molar-refractivity contribution in [2.45, 2.75) is 63.7 Å². The molecule has 1 amide bonds. The number of ether oxygens (including phenoxy) is 2. The van der Waals surface area contributed by atoms with E-state index in [0.717, 1.165) is 5.56 Å². The Morgan fingerprint density at radius 2 is 1.85 bits per heavy atom. The topological polar surface area (TPSA) is 82.1 Å². The molecule has 8 heteroatoms. The van der Waals surface area contributed by atoms with E-state index in [2.05, 4.69) is 0 Å². The van der Waals surface area contributed by atoms with Gasteiger partial charge in [0.1, 0.15) is 5.60 Å². The van der Waals surface area contributed by atoms with Crippen molar-refractivity contribution in [2.24, 2.45) is 0 Å². The number of carbonyl (C=O) groups is 1. The van der Waals surface area contributed by atoms with Gasteiger partial charge in [-0.25, -0.2) is 4.79 Å². The van der Waals surface area contributed by atoms with Crippen LogP contribution in [0.5, 0.6) is 0 Å². The molecule has 0 aromatic heterocycles. The highest BCUT2D eigenvalue weighted by atomic mass is 32.2. The van der Waals surface area contributed by atoms with Crippen molar-refractivity contribution in [2.75, 3.05) is 19.8 Å². The normalized spacial score (nSPS) is 20.7. The van der Waals surface area contributed by atoms with Crippen molar-refractivity contribution < 1.29 is 26.9 Å². The summed E-state index contributed by atoms with van der Waals surface area (Å²) in [5.41, 5.74) is 0.320. The fourth-order valence-electron chi connectivity index (χ4n) is 2.87. The molecule has 0 spiro atoms. The molecule has 0 saturated carbocycles. The number of hydrogen-bond acceptors (Lipinski definition) is 6. The summed E-state index contributed by atoms with van der Waals surface area (Å²) in [4.78, 5) is 14.1.